The normalized spacial score (nSPS) is 10.7. The zero-order chi connectivity index (χ0) is 10.3. The first-order chi connectivity index (χ1) is 6.59. The minimum Gasteiger partial charge on any atom is -0.477 e. The second kappa shape index (κ2) is 2.83. The fourth-order valence-corrected chi connectivity index (χ4v) is 1.63. The van der Waals surface area contributed by atoms with Crippen LogP contribution in [0, 0.1) is 13.8 Å². The van der Waals surface area contributed by atoms with Crippen molar-refractivity contribution < 1.29 is 9.90 Å². The zero-order valence-electron chi connectivity index (χ0n) is 7.98. The van der Waals surface area contributed by atoms with Crippen molar-refractivity contribution in [3.8, 4) is 0 Å². The summed E-state index contributed by atoms with van der Waals surface area (Å²) < 4.78 is 1.63. The molecule has 0 saturated carbocycles. The van der Waals surface area contributed by atoms with Crippen LogP contribution in [0.25, 0.3) is 5.65 Å². The standard InChI is InChI=1S/C10H10N2O2/c1-6-3-7(2)12-8(10(13)14)5-11-9(12)4-6/h3-5H,1-2H3,(H,13,14). The van der Waals surface area contributed by atoms with E-state index in [0.29, 0.717) is 5.65 Å². The molecule has 0 bridgehead atoms. The van der Waals surface area contributed by atoms with E-state index in [4.69, 9.17) is 5.11 Å². The summed E-state index contributed by atoms with van der Waals surface area (Å²) in [5.74, 6) is -0.954. The van der Waals surface area contributed by atoms with Crippen LogP contribution in [0.5, 0.6) is 0 Å². The molecule has 72 valence electrons. The van der Waals surface area contributed by atoms with Crippen LogP contribution in [-0.2, 0) is 0 Å². The van der Waals surface area contributed by atoms with Gasteiger partial charge in [0.1, 0.15) is 5.65 Å². The van der Waals surface area contributed by atoms with Crippen LogP contribution >= 0.6 is 0 Å². The van der Waals surface area contributed by atoms with E-state index in [1.807, 2.05) is 26.0 Å². The van der Waals surface area contributed by atoms with Crippen LogP contribution in [0.2, 0.25) is 0 Å². The molecule has 0 aromatic carbocycles. The molecule has 0 unspecified atom stereocenters. The molecule has 2 aromatic heterocycles. The molecule has 2 aromatic rings. The molecule has 2 rings (SSSR count). The summed E-state index contributed by atoms with van der Waals surface area (Å²) in [7, 11) is 0. The van der Waals surface area contributed by atoms with Gasteiger partial charge in [-0.1, -0.05) is 0 Å². The molecular weight excluding hydrogens is 180 g/mol. The van der Waals surface area contributed by atoms with Crippen LogP contribution in [0.1, 0.15) is 21.7 Å². The molecule has 0 fully saturated rings. The number of rotatable bonds is 1. The minimum absolute atomic E-state index is 0.206. The number of carboxylic acids is 1. The third kappa shape index (κ3) is 1.16. The number of aryl methyl sites for hydroxylation is 2. The minimum atomic E-state index is -0.954. The summed E-state index contributed by atoms with van der Waals surface area (Å²) in [6.45, 7) is 3.83. The van der Waals surface area contributed by atoms with Crippen molar-refractivity contribution in [3.63, 3.8) is 0 Å². The number of aromatic carboxylic acids is 1. The van der Waals surface area contributed by atoms with Crippen LogP contribution in [0.3, 0.4) is 0 Å². The molecule has 0 amide bonds. The van der Waals surface area contributed by atoms with E-state index in [1.54, 1.807) is 4.40 Å². The van der Waals surface area contributed by atoms with Crippen molar-refractivity contribution in [2.45, 2.75) is 13.8 Å². The van der Waals surface area contributed by atoms with E-state index >= 15 is 0 Å². The first kappa shape index (κ1) is 8.74. The molecule has 0 aliphatic heterocycles. The molecular formula is C10H10N2O2. The molecule has 0 aliphatic rings. The molecule has 0 spiro atoms. The van der Waals surface area contributed by atoms with Gasteiger partial charge in [-0.05, 0) is 31.5 Å². The van der Waals surface area contributed by atoms with Gasteiger partial charge < -0.3 is 5.11 Å². The second-order valence-corrected chi connectivity index (χ2v) is 3.32. The summed E-state index contributed by atoms with van der Waals surface area (Å²) in [5, 5.41) is 8.90. The Hall–Kier alpha value is -1.84. The summed E-state index contributed by atoms with van der Waals surface area (Å²) in [6.07, 6.45) is 1.38. The third-order valence-corrected chi connectivity index (χ3v) is 2.15. The molecule has 2 heterocycles. The van der Waals surface area contributed by atoms with Gasteiger partial charge in [-0.25, -0.2) is 9.78 Å². The van der Waals surface area contributed by atoms with E-state index in [9.17, 15) is 4.79 Å². The maximum absolute atomic E-state index is 10.9. The molecule has 1 N–H and O–H groups in total. The van der Waals surface area contributed by atoms with Crippen LogP contribution in [0.15, 0.2) is 18.3 Å². The average molecular weight is 190 g/mol. The van der Waals surface area contributed by atoms with Gasteiger partial charge >= 0.3 is 5.97 Å². The maximum atomic E-state index is 10.9. The lowest BCUT2D eigenvalue weighted by atomic mass is 10.2. The molecule has 0 atom stereocenters. The van der Waals surface area contributed by atoms with Crippen molar-refractivity contribution in [1.82, 2.24) is 9.38 Å². The number of carboxylic acid groups (broad SMARTS) is 1. The Morgan fingerprint density at radius 3 is 2.79 bits per heavy atom. The van der Waals surface area contributed by atoms with E-state index in [2.05, 4.69) is 4.98 Å². The quantitative estimate of drug-likeness (QED) is 0.743. The van der Waals surface area contributed by atoms with E-state index in [-0.39, 0.29) is 5.69 Å². The number of hydrogen-bond donors (Lipinski definition) is 1. The largest absolute Gasteiger partial charge is 0.477 e. The van der Waals surface area contributed by atoms with Gasteiger partial charge in [0.2, 0.25) is 0 Å². The van der Waals surface area contributed by atoms with Crippen molar-refractivity contribution in [1.29, 1.82) is 0 Å². The lowest BCUT2D eigenvalue weighted by molar-refractivity contribution is 0.0689. The Labute approximate surface area is 80.8 Å². The monoisotopic (exact) mass is 190 g/mol. The van der Waals surface area contributed by atoms with E-state index in [0.717, 1.165) is 11.3 Å². The number of aromatic nitrogens is 2. The topological polar surface area (TPSA) is 54.6 Å². The average Bonchev–Trinajstić information content (AvgIpc) is 2.47. The van der Waals surface area contributed by atoms with Gasteiger partial charge in [0.05, 0.1) is 6.20 Å². The lowest BCUT2D eigenvalue weighted by Crippen LogP contribution is -2.04. The van der Waals surface area contributed by atoms with Gasteiger partial charge in [-0.15, -0.1) is 0 Å². The van der Waals surface area contributed by atoms with Gasteiger partial charge in [0.25, 0.3) is 0 Å². The van der Waals surface area contributed by atoms with Gasteiger partial charge in [-0.3, -0.25) is 4.40 Å². The SMILES string of the molecule is Cc1cc(C)n2c(C(=O)O)cnc2c1. The Kier molecular flexibility index (Phi) is 1.77. The Balaban J connectivity index is 2.85. The van der Waals surface area contributed by atoms with Gasteiger partial charge in [0.15, 0.2) is 5.69 Å². The number of fused-ring (bicyclic) bond motifs is 1. The summed E-state index contributed by atoms with van der Waals surface area (Å²) in [5.41, 5.74) is 2.85. The smallest absolute Gasteiger partial charge is 0.354 e. The molecule has 0 radical (unpaired) electrons. The van der Waals surface area contributed by atoms with Crippen molar-refractivity contribution in [3.05, 3.63) is 35.3 Å². The Bertz CT molecular complexity index is 514. The summed E-state index contributed by atoms with van der Waals surface area (Å²) in [6, 6.07) is 3.79. The number of carbonyl (C=O) groups is 1. The lowest BCUT2D eigenvalue weighted by Gasteiger charge is -2.03. The molecule has 4 heteroatoms. The summed E-state index contributed by atoms with van der Waals surface area (Å²) >= 11 is 0. The van der Waals surface area contributed by atoms with Crippen molar-refractivity contribution in [2.24, 2.45) is 0 Å². The second-order valence-electron chi connectivity index (χ2n) is 3.32. The highest BCUT2D eigenvalue weighted by Crippen LogP contribution is 2.12. The van der Waals surface area contributed by atoms with Crippen LogP contribution < -0.4 is 0 Å². The first-order valence-electron chi connectivity index (χ1n) is 4.27. The van der Waals surface area contributed by atoms with Crippen molar-refractivity contribution >= 4 is 11.6 Å². The number of hydrogen-bond acceptors (Lipinski definition) is 2. The highest BCUT2D eigenvalue weighted by Gasteiger charge is 2.11. The number of pyridine rings is 1. The molecule has 4 nitrogen and oxygen atoms in total. The first-order valence-corrected chi connectivity index (χ1v) is 4.27. The van der Waals surface area contributed by atoms with Crippen molar-refractivity contribution in [2.75, 3.05) is 0 Å². The maximum Gasteiger partial charge on any atom is 0.354 e. The predicted molar refractivity (Wildman–Crippen MR) is 51.6 cm³/mol. The van der Waals surface area contributed by atoms with Gasteiger partial charge in [0, 0.05) is 5.69 Å². The van der Waals surface area contributed by atoms with Crippen LogP contribution in [-0.4, -0.2) is 20.5 Å². The highest BCUT2D eigenvalue weighted by molar-refractivity contribution is 5.86. The number of imidazole rings is 1. The Morgan fingerprint density at radius 2 is 2.14 bits per heavy atom. The van der Waals surface area contributed by atoms with Gasteiger partial charge in [-0.2, -0.15) is 0 Å². The summed E-state index contributed by atoms with van der Waals surface area (Å²) in [4.78, 5) is 14.9. The van der Waals surface area contributed by atoms with E-state index in [1.165, 1.54) is 6.20 Å². The van der Waals surface area contributed by atoms with E-state index < -0.39 is 5.97 Å². The third-order valence-electron chi connectivity index (χ3n) is 2.15. The molecule has 0 aliphatic carbocycles. The van der Waals surface area contributed by atoms with Crippen LogP contribution in [0.4, 0.5) is 0 Å². The molecule has 14 heavy (non-hydrogen) atoms. The predicted octanol–water partition coefficient (Wildman–Crippen LogP) is 1.65. The Morgan fingerprint density at radius 1 is 1.43 bits per heavy atom. The highest BCUT2D eigenvalue weighted by atomic mass is 16.4. The fraction of sp³-hybridized carbons (Fsp3) is 0.200. The fourth-order valence-electron chi connectivity index (χ4n) is 1.63. The zero-order valence-corrected chi connectivity index (χ0v) is 7.98. The number of nitrogens with zero attached hydrogens (tertiary/aromatic N) is 2. The molecule has 0 saturated heterocycles.